The maximum Gasteiger partial charge on any atom is 0.343 e. The van der Waals surface area contributed by atoms with E-state index in [4.69, 9.17) is 0 Å². The predicted octanol–water partition coefficient (Wildman–Crippen LogP) is 9.58. The van der Waals surface area contributed by atoms with Crippen LogP contribution in [0.5, 0.6) is 23.0 Å². The lowest BCUT2D eigenvalue weighted by Crippen LogP contribution is -2.14. The molecule has 0 bridgehead atoms. The van der Waals surface area contributed by atoms with E-state index in [9.17, 15) is 63.7 Å². The summed E-state index contributed by atoms with van der Waals surface area (Å²) in [7, 11) is 0. The molecule has 0 saturated heterocycles. The van der Waals surface area contributed by atoms with Crippen LogP contribution >= 0.6 is 0 Å². The third kappa shape index (κ3) is 7.31. The Morgan fingerprint density at radius 1 is 0.464 bits per heavy atom. The zero-order valence-corrected chi connectivity index (χ0v) is 27.3. The molecule has 18 heteroatoms. The number of fused-ring (bicyclic) bond motifs is 1. The van der Waals surface area contributed by atoms with Crippen molar-refractivity contribution in [3.8, 4) is 23.0 Å². The fourth-order valence-electron chi connectivity index (χ4n) is 4.92. The number of hydrogen-bond donors (Lipinski definition) is 2. The molecule has 0 aliphatic rings. The van der Waals surface area contributed by atoms with Crippen molar-refractivity contribution in [1.29, 1.82) is 0 Å². The standard InChI is InChI=1S/C38H16F10N2O6/c39-25-27(41)31(45)35(32(46)28(25)42)55-37(53)17-5-7-23(51)19(9-17)13-49-21-11-15-3-1-2-4-16(15)12-22(21)50-14-20-10-18(6-8-24(20)52)38(54)56-36-33(47)29(43)26(40)30(44)34(36)48/h1-14,51-52H. The molecule has 0 fully saturated rings. The lowest BCUT2D eigenvalue weighted by atomic mass is 10.1. The summed E-state index contributed by atoms with van der Waals surface area (Å²) in [5.74, 6) is -31.8. The number of aliphatic imine (C=N–C) groups is 2. The van der Waals surface area contributed by atoms with Crippen LogP contribution in [0.15, 0.2) is 82.8 Å². The number of aromatic hydroxyl groups is 2. The van der Waals surface area contributed by atoms with Crippen LogP contribution in [0.2, 0.25) is 0 Å². The lowest BCUT2D eigenvalue weighted by Gasteiger charge is -2.10. The molecule has 0 saturated carbocycles. The molecular weight excluding hydrogens is 770 g/mol. The fourth-order valence-corrected chi connectivity index (χ4v) is 4.92. The molecule has 6 rings (SSSR count). The highest BCUT2D eigenvalue weighted by molar-refractivity contribution is 5.99. The minimum absolute atomic E-state index is 0.0649. The number of phenolic OH excluding ortho intramolecular Hbond substituents is 2. The molecule has 0 aliphatic carbocycles. The third-order valence-corrected chi connectivity index (χ3v) is 7.78. The second-order valence-corrected chi connectivity index (χ2v) is 11.3. The Labute approximate surface area is 305 Å². The monoisotopic (exact) mass is 786 g/mol. The van der Waals surface area contributed by atoms with E-state index in [1.165, 1.54) is 12.1 Å². The van der Waals surface area contributed by atoms with Crippen LogP contribution in [0.25, 0.3) is 10.8 Å². The van der Waals surface area contributed by atoms with E-state index < -0.39 is 104 Å². The molecule has 0 atom stereocenters. The smallest absolute Gasteiger partial charge is 0.343 e. The Hall–Kier alpha value is -7.24. The van der Waals surface area contributed by atoms with Crippen LogP contribution in [0, 0.1) is 58.2 Å². The number of rotatable bonds is 8. The fraction of sp³-hybridized carbons (Fsp3) is 0. The summed E-state index contributed by atoms with van der Waals surface area (Å²) in [6.45, 7) is 0. The summed E-state index contributed by atoms with van der Waals surface area (Å²) in [6.07, 6.45) is 2.03. The van der Waals surface area contributed by atoms with Gasteiger partial charge in [-0.2, -0.15) is 17.6 Å². The number of halogens is 10. The van der Waals surface area contributed by atoms with Crippen molar-refractivity contribution >= 4 is 46.5 Å². The van der Waals surface area contributed by atoms with E-state index in [0.717, 1.165) is 48.8 Å². The zero-order valence-electron chi connectivity index (χ0n) is 27.3. The van der Waals surface area contributed by atoms with Crippen LogP contribution in [-0.2, 0) is 0 Å². The van der Waals surface area contributed by atoms with Gasteiger partial charge in [0.1, 0.15) is 11.5 Å². The van der Waals surface area contributed by atoms with Gasteiger partial charge < -0.3 is 19.7 Å². The summed E-state index contributed by atoms with van der Waals surface area (Å²) < 4.78 is 147. The van der Waals surface area contributed by atoms with Gasteiger partial charge in [0, 0.05) is 23.6 Å². The van der Waals surface area contributed by atoms with Crippen LogP contribution in [0.3, 0.4) is 0 Å². The molecule has 0 unspecified atom stereocenters. The lowest BCUT2D eigenvalue weighted by molar-refractivity contribution is 0.0707. The predicted molar refractivity (Wildman–Crippen MR) is 177 cm³/mol. The van der Waals surface area contributed by atoms with E-state index >= 15 is 0 Å². The van der Waals surface area contributed by atoms with Crippen molar-refractivity contribution < 1.29 is 73.2 Å². The minimum atomic E-state index is -2.47. The number of carbonyl (C=O) groups is 2. The van der Waals surface area contributed by atoms with Crippen molar-refractivity contribution in [3.05, 3.63) is 153 Å². The highest BCUT2D eigenvalue weighted by Gasteiger charge is 2.30. The van der Waals surface area contributed by atoms with Crippen molar-refractivity contribution in [3.63, 3.8) is 0 Å². The highest BCUT2D eigenvalue weighted by atomic mass is 19.2. The third-order valence-electron chi connectivity index (χ3n) is 7.78. The topological polar surface area (TPSA) is 118 Å². The Morgan fingerprint density at radius 2 is 0.786 bits per heavy atom. The van der Waals surface area contributed by atoms with Gasteiger partial charge in [0.2, 0.25) is 69.7 Å². The summed E-state index contributed by atoms with van der Waals surface area (Å²) in [6, 6.07) is 15.4. The molecule has 56 heavy (non-hydrogen) atoms. The van der Waals surface area contributed by atoms with Gasteiger partial charge in [-0.15, -0.1) is 0 Å². The van der Waals surface area contributed by atoms with Crippen LogP contribution in [0.1, 0.15) is 31.8 Å². The average molecular weight is 787 g/mol. The van der Waals surface area contributed by atoms with Crippen LogP contribution in [0.4, 0.5) is 55.3 Å². The molecule has 2 N–H and O–H groups in total. The van der Waals surface area contributed by atoms with E-state index in [-0.39, 0.29) is 22.5 Å². The quantitative estimate of drug-likeness (QED) is 0.0397. The molecule has 6 aromatic rings. The van der Waals surface area contributed by atoms with E-state index in [1.807, 2.05) is 0 Å². The van der Waals surface area contributed by atoms with Crippen LogP contribution in [-0.4, -0.2) is 34.6 Å². The van der Waals surface area contributed by atoms with Gasteiger partial charge in [-0.1, -0.05) is 24.3 Å². The second-order valence-electron chi connectivity index (χ2n) is 11.3. The number of carbonyl (C=O) groups excluding carboxylic acids is 2. The number of hydrogen-bond acceptors (Lipinski definition) is 8. The molecule has 0 aromatic heterocycles. The molecule has 6 aromatic carbocycles. The molecule has 0 amide bonds. The first-order chi connectivity index (χ1) is 26.6. The maximum atomic E-state index is 14.1. The minimum Gasteiger partial charge on any atom is -0.507 e. The molecular formula is C38H16F10N2O6. The first-order valence-electron chi connectivity index (χ1n) is 15.3. The molecule has 8 nitrogen and oxygen atoms in total. The summed E-state index contributed by atoms with van der Waals surface area (Å²) in [4.78, 5) is 33.9. The van der Waals surface area contributed by atoms with Gasteiger partial charge in [-0.25, -0.2) is 35.9 Å². The van der Waals surface area contributed by atoms with Crippen molar-refractivity contribution in [2.24, 2.45) is 9.98 Å². The first kappa shape index (κ1) is 38.5. The number of benzene rings is 6. The Balaban J connectivity index is 1.31. The van der Waals surface area contributed by atoms with E-state index in [0.29, 0.717) is 10.8 Å². The van der Waals surface area contributed by atoms with Gasteiger partial charge in [-0.05, 0) is 59.3 Å². The van der Waals surface area contributed by atoms with Gasteiger partial charge in [0.15, 0.2) is 0 Å². The number of ether oxygens (including phenoxy) is 2. The number of phenols is 2. The van der Waals surface area contributed by atoms with E-state index in [2.05, 4.69) is 19.5 Å². The molecule has 0 aliphatic heterocycles. The van der Waals surface area contributed by atoms with Crippen molar-refractivity contribution in [2.45, 2.75) is 0 Å². The molecule has 0 spiro atoms. The summed E-state index contributed by atoms with van der Waals surface area (Å²) >= 11 is 0. The number of nitrogens with zero attached hydrogens (tertiary/aromatic N) is 2. The van der Waals surface area contributed by atoms with Crippen LogP contribution < -0.4 is 9.47 Å². The first-order valence-corrected chi connectivity index (χ1v) is 15.3. The SMILES string of the molecule is O=C(Oc1c(F)c(F)c(F)c(F)c1F)c1ccc(O)c(C=Nc2cc3ccccc3cc2N=Cc2cc(C(=O)Oc3c(F)c(F)c(F)c(F)c3F)ccc2O)c1. The molecule has 0 radical (unpaired) electrons. The van der Waals surface area contributed by atoms with E-state index in [1.54, 1.807) is 24.3 Å². The highest BCUT2D eigenvalue weighted by Crippen LogP contribution is 2.35. The Bertz CT molecular complexity index is 2450. The molecule has 0 heterocycles. The zero-order chi connectivity index (χ0) is 40.6. The largest absolute Gasteiger partial charge is 0.507 e. The normalized spacial score (nSPS) is 11.5. The van der Waals surface area contributed by atoms with Gasteiger partial charge in [-0.3, -0.25) is 9.98 Å². The molecule has 284 valence electrons. The average Bonchev–Trinajstić information content (AvgIpc) is 3.20. The maximum absolute atomic E-state index is 14.1. The summed E-state index contributed by atoms with van der Waals surface area (Å²) in [5, 5.41) is 22.1. The van der Waals surface area contributed by atoms with Gasteiger partial charge in [0.05, 0.1) is 22.5 Å². The second kappa shape index (κ2) is 15.2. The van der Waals surface area contributed by atoms with Gasteiger partial charge in [0.25, 0.3) is 0 Å². The number of esters is 2. The summed E-state index contributed by atoms with van der Waals surface area (Å²) in [5.41, 5.74) is -1.32. The van der Waals surface area contributed by atoms with Crippen molar-refractivity contribution in [1.82, 2.24) is 0 Å². The van der Waals surface area contributed by atoms with Crippen molar-refractivity contribution in [2.75, 3.05) is 0 Å². The Kier molecular flexibility index (Phi) is 10.5. The van der Waals surface area contributed by atoms with Gasteiger partial charge >= 0.3 is 11.9 Å². The Morgan fingerprint density at radius 3 is 1.12 bits per heavy atom.